The Bertz CT molecular complexity index is 1210. The van der Waals surface area contributed by atoms with Gasteiger partial charge in [-0.15, -0.1) is 0 Å². The monoisotopic (exact) mass is 516 g/mol. The van der Waals surface area contributed by atoms with Gasteiger partial charge in [0.05, 0.1) is 0 Å². The van der Waals surface area contributed by atoms with E-state index in [4.69, 9.17) is 0 Å². The number of benzene rings is 2. The molecule has 0 spiro atoms. The van der Waals surface area contributed by atoms with Gasteiger partial charge < -0.3 is 0 Å². The van der Waals surface area contributed by atoms with Gasteiger partial charge in [0.25, 0.3) is 0 Å². The van der Waals surface area contributed by atoms with Crippen LogP contribution in [0.5, 0.6) is 0 Å². The van der Waals surface area contributed by atoms with Gasteiger partial charge in [0.1, 0.15) is 0 Å². The van der Waals surface area contributed by atoms with Crippen LogP contribution in [-0.2, 0) is 25.8 Å². The Balaban J connectivity index is 1.89. The molecule has 0 fully saturated rings. The molecule has 0 nitrogen and oxygen atoms in total. The number of fused-ring (bicyclic) bond motifs is 1. The standard InChI is InChI=1S/C19H19.C9H13.C2H6Si.Zr/c1-19(2,3)16-9-6-8-15(13-16)18-12-11-14-7-4-5-10-17(14)18;1-6-5-7(2)9(4)8(6)3;1-3-2;/h4-13H,1-3H3;6H,1-4H3;1-2H3;. The number of hydrogen-bond acceptors (Lipinski definition) is 0. The van der Waals surface area contributed by atoms with Gasteiger partial charge in [-0.05, 0) is 0 Å². The van der Waals surface area contributed by atoms with Crippen LogP contribution in [0.4, 0.5) is 0 Å². The zero-order valence-corrected chi connectivity index (χ0v) is 24.8. The molecule has 4 rings (SSSR count). The fourth-order valence-corrected chi connectivity index (χ4v) is 25.2. The van der Waals surface area contributed by atoms with E-state index in [2.05, 4.69) is 116 Å². The maximum atomic E-state index is 2.70. The summed E-state index contributed by atoms with van der Waals surface area (Å²) in [7, 11) is 0. The molecule has 0 N–H and O–H groups in total. The SMILES string of the molecule is CC1=C(C)C(C)[C]([Zr]([CH]2C=C(c3cccc(C(C)(C)C)c3)c3ccccc32)=[Si](C)C)=C1C. The predicted octanol–water partition coefficient (Wildman–Crippen LogP) is 8.60. The van der Waals surface area contributed by atoms with Crippen LogP contribution < -0.4 is 0 Å². The summed E-state index contributed by atoms with van der Waals surface area (Å²) in [6.45, 7) is 21.8. The zero-order valence-electron chi connectivity index (χ0n) is 21.4. The summed E-state index contributed by atoms with van der Waals surface area (Å²) in [6, 6.07) is 18.6. The molecular formula is C30H38SiZr. The number of allylic oxidation sites excluding steroid dienone is 5. The van der Waals surface area contributed by atoms with E-state index in [9.17, 15) is 0 Å². The molecule has 2 atom stereocenters. The Morgan fingerprint density at radius 2 is 1.56 bits per heavy atom. The van der Waals surface area contributed by atoms with Gasteiger partial charge in [-0.1, -0.05) is 0 Å². The Kier molecular flexibility index (Phi) is 6.61. The topological polar surface area (TPSA) is 0 Å². The molecule has 0 radical (unpaired) electrons. The van der Waals surface area contributed by atoms with Gasteiger partial charge in [-0.3, -0.25) is 0 Å². The third-order valence-corrected chi connectivity index (χ3v) is 26.3. The van der Waals surface area contributed by atoms with Gasteiger partial charge in [0.15, 0.2) is 0 Å². The maximum absolute atomic E-state index is 2.70. The van der Waals surface area contributed by atoms with Gasteiger partial charge in [-0.2, -0.15) is 0 Å². The van der Waals surface area contributed by atoms with Crippen molar-refractivity contribution < 1.29 is 20.4 Å². The van der Waals surface area contributed by atoms with Gasteiger partial charge in [0, 0.05) is 0 Å². The summed E-state index contributed by atoms with van der Waals surface area (Å²) >= 11 is -1.94. The Morgan fingerprint density at radius 3 is 2.16 bits per heavy atom. The third-order valence-electron chi connectivity index (χ3n) is 7.74. The van der Waals surface area contributed by atoms with Crippen molar-refractivity contribution in [2.75, 3.05) is 0 Å². The summed E-state index contributed by atoms with van der Waals surface area (Å²) in [4.78, 5) is 0. The molecule has 2 aliphatic rings. The molecule has 2 aromatic carbocycles. The number of hydrogen-bond donors (Lipinski definition) is 0. The number of rotatable bonds is 3. The minimum absolute atomic E-state index is 0.167. The quantitative estimate of drug-likeness (QED) is 0.358. The van der Waals surface area contributed by atoms with Crippen molar-refractivity contribution in [1.82, 2.24) is 0 Å². The second-order valence-corrected chi connectivity index (χ2v) is 28.4. The van der Waals surface area contributed by atoms with Crippen molar-refractivity contribution in [2.24, 2.45) is 5.92 Å². The molecular weight excluding hydrogens is 480 g/mol. The van der Waals surface area contributed by atoms with E-state index in [1.807, 2.05) is 3.28 Å². The summed E-state index contributed by atoms with van der Waals surface area (Å²) in [5.74, 6) is 0.651. The Labute approximate surface area is 203 Å². The molecule has 32 heavy (non-hydrogen) atoms. The van der Waals surface area contributed by atoms with E-state index in [-0.39, 0.29) is 10.8 Å². The average Bonchev–Trinajstić information content (AvgIpc) is 3.21. The zero-order chi connectivity index (χ0) is 23.4. The fraction of sp³-hybridized carbons (Fsp3) is 0.400. The Hall–Kier alpha value is -1.24. The molecule has 0 aliphatic heterocycles. The van der Waals surface area contributed by atoms with Crippen LogP contribution in [0.2, 0.25) is 13.1 Å². The first-order chi connectivity index (χ1) is 15.0. The van der Waals surface area contributed by atoms with Crippen LogP contribution in [0.3, 0.4) is 0 Å². The van der Waals surface area contributed by atoms with Crippen molar-refractivity contribution >= 4 is 11.0 Å². The first kappa shape index (κ1) is 23.9. The van der Waals surface area contributed by atoms with Gasteiger partial charge in [-0.25, -0.2) is 0 Å². The normalized spacial score (nSPS) is 20.6. The molecule has 0 amide bonds. The van der Waals surface area contributed by atoms with Crippen LogP contribution >= 0.6 is 0 Å². The van der Waals surface area contributed by atoms with Crippen LogP contribution in [0.1, 0.15) is 74.3 Å². The molecule has 2 aliphatic carbocycles. The summed E-state index contributed by atoms with van der Waals surface area (Å²) < 4.78 is 2.57. The van der Waals surface area contributed by atoms with E-state index in [1.54, 1.807) is 22.3 Å². The second-order valence-electron chi connectivity index (χ2n) is 11.0. The van der Waals surface area contributed by atoms with Crippen LogP contribution in [0.25, 0.3) is 5.57 Å². The fourth-order valence-electron chi connectivity index (χ4n) is 5.55. The van der Waals surface area contributed by atoms with Gasteiger partial charge in [0.2, 0.25) is 0 Å². The minimum atomic E-state index is -1.94. The first-order valence-corrected chi connectivity index (χ1v) is 20.8. The first-order valence-electron chi connectivity index (χ1n) is 12.0. The molecule has 0 bridgehead atoms. The van der Waals surface area contributed by atoms with Crippen LogP contribution in [0.15, 0.2) is 74.6 Å². The van der Waals surface area contributed by atoms with Crippen LogP contribution in [-0.4, -0.2) is 5.43 Å². The molecule has 2 heteroatoms. The van der Waals surface area contributed by atoms with E-state index < -0.39 is 20.4 Å². The molecule has 166 valence electrons. The molecule has 2 unspecified atom stereocenters. The molecule has 0 saturated heterocycles. The predicted molar refractivity (Wildman–Crippen MR) is 139 cm³/mol. The van der Waals surface area contributed by atoms with Gasteiger partial charge >= 0.3 is 205 Å². The average molecular weight is 518 g/mol. The second kappa shape index (κ2) is 8.84. The van der Waals surface area contributed by atoms with Crippen molar-refractivity contribution in [3.8, 4) is 0 Å². The Morgan fingerprint density at radius 1 is 0.875 bits per heavy atom. The van der Waals surface area contributed by atoms with Crippen molar-refractivity contribution in [3.05, 3.63) is 96.9 Å². The van der Waals surface area contributed by atoms with E-state index >= 15 is 0 Å². The third kappa shape index (κ3) is 4.07. The van der Waals surface area contributed by atoms with Crippen molar-refractivity contribution in [3.63, 3.8) is 0 Å². The summed E-state index contributed by atoms with van der Waals surface area (Å²) in [5.41, 5.74) is 12.0. The van der Waals surface area contributed by atoms with Crippen molar-refractivity contribution in [1.29, 1.82) is 0 Å². The molecule has 0 aromatic heterocycles. The molecule has 0 heterocycles. The van der Waals surface area contributed by atoms with Crippen molar-refractivity contribution in [2.45, 2.75) is 70.6 Å². The van der Waals surface area contributed by atoms with E-state index in [0.717, 1.165) is 0 Å². The molecule has 0 saturated carbocycles. The summed E-state index contributed by atoms with van der Waals surface area (Å²) in [6.07, 6.45) is 2.70. The van der Waals surface area contributed by atoms with Crippen LogP contribution in [0, 0.1) is 5.92 Å². The summed E-state index contributed by atoms with van der Waals surface area (Å²) in [5, 5.41) is 0. The molecule has 2 aromatic rings. The van der Waals surface area contributed by atoms with E-state index in [1.165, 1.54) is 22.3 Å². The van der Waals surface area contributed by atoms with E-state index in [0.29, 0.717) is 9.54 Å².